The van der Waals surface area contributed by atoms with Crippen LogP contribution in [0.3, 0.4) is 0 Å². The van der Waals surface area contributed by atoms with E-state index in [1.54, 1.807) is 30.3 Å². The van der Waals surface area contributed by atoms with E-state index in [2.05, 4.69) is 0 Å². The molecular weight excluding hydrogens is 386 g/mol. The molecule has 4 nitrogen and oxygen atoms in total. The van der Waals surface area contributed by atoms with Crippen molar-refractivity contribution in [2.75, 3.05) is 0 Å². The van der Waals surface area contributed by atoms with E-state index in [0.717, 1.165) is 11.1 Å². The van der Waals surface area contributed by atoms with Crippen molar-refractivity contribution < 1.29 is 14.3 Å². The largest absolute Gasteiger partial charge is 0.450 e. The molecule has 1 unspecified atom stereocenters. The highest BCUT2D eigenvalue weighted by Gasteiger charge is 2.25. The Bertz CT molecular complexity index is 1230. The Labute approximate surface area is 181 Å². The van der Waals surface area contributed by atoms with Gasteiger partial charge in [0.05, 0.1) is 16.8 Å². The SMILES string of the molecule is CCC(OC(=O)c1cc(-c2ccccc2)nc2ccc(C)cc12)C(=O)c1ccccc1. The molecule has 0 aliphatic heterocycles. The molecule has 0 bridgehead atoms. The van der Waals surface area contributed by atoms with Gasteiger partial charge in [0.25, 0.3) is 0 Å². The van der Waals surface area contributed by atoms with Crippen molar-refractivity contribution >= 4 is 22.7 Å². The molecule has 0 aliphatic rings. The number of Topliss-reactive ketones (excluding diaryl/α,β-unsaturated/α-hetero) is 1. The molecule has 154 valence electrons. The van der Waals surface area contributed by atoms with Gasteiger partial charge in [-0.2, -0.15) is 0 Å². The summed E-state index contributed by atoms with van der Waals surface area (Å²) >= 11 is 0. The van der Waals surface area contributed by atoms with Crippen molar-refractivity contribution in [1.29, 1.82) is 0 Å². The van der Waals surface area contributed by atoms with Crippen LogP contribution in [-0.2, 0) is 4.74 Å². The van der Waals surface area contributed by atoms with Gasteiger partial charge in [0, 0.05) is 16.5 Å². The first-order chi connectivity index (χ1) is 15.1. The van der Waals surface area contributed by atoms with E-state index in [4.69, 9.17) is 9.72 Å². The molecule has 4 aromatic rings. The molecule has 4 rings (SSSR count). The highest BCUT2D eigenvalue weighted by Crippen LogP contribution is 2.27. The highest BCUT2D eigenvalue weighted by atomic mass is 16.5. The lowest BCUT2D eigenvalue weighted by Crippen LogP contribution is -2.27. The summed E-state index contributed by atoms with van der Waals surface area (Å²) < 4.78 is 5.72. The smallest absolute Gasteiger partial charge is 0.339 e. The standard InChI is InChI=1S/C27H23NO3/c1-3-25(26(29)20-12-8-5-9-13-20)31-27(30)22-17-24(19-10-6-4-7-11-19)28-23-15-14-18(2)16-21(22)23/h4-17,25H,3H2,1-2H3. The summed E-state index contributed by atoms with van der Waals surface area (Å²) in [5.41, 5.74) is 4.26. The number of ketones is 1. The van der Waals surface area contributed by atoms with E-state index >= 15 is 0 Å². The van der Waals surface area contributed by atoms with Gasteiger partial charge >= 0.3 is 5.97 Å². The summed E-state index contributed by atoms with van der Waals surface area (Å²) in [4.78, 5) is 30.9. The third kappa shape index (κ3) is 4.38. The maximum atomic E-state index is 13.3. The van der Waals surface area contributed by atoms with Crippen LogP contribution in [0.5, 0.6) is 0 Å². The maximum Gasteiger partial charge on any atom is 0.339 e. The maximum absolute atomic E-state index is 13.3. The molecule has 1 aromatic heterocycles. The molecule has 0 fully saturated rings. The minimum Gasteiger partial charge on any atom is -0.450 e. The average molecular weight is 409 g/mol. The van der Waals surface area contributed by atoms with E-state index in [-0.39, 0.29) is 5.78 Å². The van der Waals surface area contributed by atoms with Gasteiger partial charge in [-0.3, -0.25) is 4.79 Å². The lowest BCUT2D eigenvalue weighted by Gasteiger charge is -2.17. The zero-order chi connectivity index (χ0) is 21.8. The first kappa shape index (κ1) is 20.5. The van der Waals surface area contributed by atoms with Crippen molar-refractivity contribution in [2.45, 2.75) is 26.4 Å². The Morgan fingerprint density at radius 3 is 2.26 bits per heavy atom. The molecule has 0 radical (unpaired) electrons. The third-order valence-corrected chi connectivity index (χ3v) is 5.22. The zero-order valence-corrected chi connectivity index (χ0v) is 17.5. The van der Waals surface area contributed by atoms with Crippen LogP contribution in [-0.4, -0.2) is 22.8 Å². The number of rotatable bonds is 6. The van der Waals surface area contributed by atoms with Gasteiger partial charge in [-0.25, -0.2) is 9.78 Å². The van der Waals surface area contributed by atoms with Gasteiger partial charge in [-0.15, -0.1) is 0 Å². The van der Waals surface area contributed by atoms with Crippen molar-refractivity contribution in [2.24, 2.45) is 0 Å². The molecule has 4 heteroatoms. The number of carbonyl (C=O) groups is 2. The Kier molecular flexibility index (Phi) is 5.89. The van der Waals surface area contributed by atoms with Gasteiger partial charge < -0.3 is 4.74 Å². The van der Waals surface area contributed by atoms with Crippen LogP contribution in [0.2, 0.25) is 0 Å². The summed E-state index contributed by atoms with van der Waals surface area (Å²) in [7, 11) is 0. The summed E-state index contributed by atoms with van der Waals surface area (Å²) in [5, 5.41) is 0.715. The number of pyridine rings is 1. The van der Waals surface area contributed by atoms with E-state index in [9.17, 15) is 9.59 Å². The highest BCUT2D eigenvalue weighted by molar-refractivity contribution is 6.07. The topological polar surface area (TPSA) is 56.3 Å². The Morgan fingerprint density at radius 2 is 1.58 bits per heavy atom. The van der Waals surface area contributed by atoms with Gasteiger partial charge in [0.2, 0.25) is 5.78 Å². The number of ether oxygens (including phenoxy) is 1. The van der Waals surface area contributed by atoms with Crippen molar-refractivity contribution in [3.8, 4) is 11.3 Å². The van der Waals surface area contributed by atoms with E-state index in [0.29, 0.717) is 34.1 Å². The fourth-order valence-electron chi connectivity index (χ4n) is 3.57. The third-order valence-electron chi connectivity index (χ3n) is 5.22. The fraction of sp³-hybridized carbons (Fsp3) is 0.148. The van der Waals surface area contributed by atoms with Gasteiger partial charge in [-0.05, 0) is 31.5 Å². The number of carbonyl (C=O) groups excluding carboxylic acids is 2. The van der Waals surface area contributed by atoms with Crippen LogP contribution in [0.25, 0.3) is 22.2 Å². The summed E-state index contributed by atoms with van der Waals surface area (Å²) in [6.45, 7) is 3.80. The molecular formula is C27H23NO3. The molecule has 0 aliphatic carbocycles. The number of hydrogen-bond donors (Lipinski definition) is 0. The lowest BCUT2D eigenvalue weighted by molar-refractivity contribution is 0.0279. The monoisotopic (exact) mass is 409 g/mol. The first-order valence-electron chi connectivity index (χ1n) is 10.3. The van der Waals surface area contributed by atoms with E-state index < -0.39 is 12.1 Å². The fourth-order valence-corrected chi connectivity index (χ4v) is 3.57. The first-order valence-corrected chi connectivity index (χ1v) is 10.3. The van der Waals surface area contributed by atoms with Gasteiger partial charge in [0.1, 0.15) is 0 Å². The van der Waals surface area contributed by atoms with E-state index in [1.807, 2.05) is 68.4 Å². The average Bonchev–Trinajstić information content (AvgIpc) is 2.82. The van der Waals surface area contributed by atoms with Crippen LogP contribution in [0.1, 0.15) is 39.6 Å². The lowest BCUT2D eigenvalue weighted by atomic mass is 10.0. The summed E-state index contributed by atoms with van der Waals surface area (Å²) in [5.74, 6) is -0.722. The Balaban J connectivity index is 1.74. The number of hydrogen-bond acceptors (Lipinski definition) is 4. The summed E-state index contributed by atoms with van der Waals surface area (Å²) in [6.07, 6.45) is -0.448. The van der Waals surface area contributed by atoms with Crippen LogP contribution < -0.4 is 0 Å². The Morgan fingerprint density at radius 1 is 0.903 bits per heavy atom. The van der Waals surface area contributed by atoms with Crippen molar-refractivity contribution in [3.05, 3.63) is 102 Å². The number of benzene rings is 3. The Hall–Kier alpha value is -3.79. The molecule has 1 atom stereocenters. The molecule has 0 saturated heterocycles. The normalized spacial score (nSPS) is 11.8. The number of aryl methyl sites for hydroxylation is 1. The predicted molar refractivity (Wildman–Crippen MR) is 122 cm³/mol. The van der Waals surface area contributed by atoms with Gasteiger partial charge in [-0.1, -0.05) is 79.2 Å². The van der Waals surface area contributed by atoms with Crippen molar-refractivity contribution in [1.82, 2.24) is 4.98 Å². The molecule has 3 aromatic carbocycles. The molecule has 0 saturated carbocycles. The van der Waals surface area contributed by atoms with Crippen LogP contribution in [0.4, 0.5) is 0 Å². The number of nitrogens with zero attached hydrogens (tertiary/aromatic N) is 1. The number of aromatic nitrogens is 1. The second-order valence-corrected chi connectivity index (χ2v) is 7.47. The van der Waals surface area contributed by atoms with Crippen LogP contribution in [0.15, 0.2) is 84.9 Å². The molecule has 0 N–H and O–H groups in total. The number of fused-ring (bicyclic) bond motifs is 1. The van der Waals surface area contributed by atoms with Gasteiger partial charge in [0.15, 0.2) is 6.10 Å². The van der Waals surface area contributed by atoms with E-state index in [1.165, 1.54) is 0 Å². The number of esters is 1. The van der Waals surface area contributed by atoms with Crippen LogP contribution in [0, 0.1) is 6.92 Å². The minimum atomic E-state index is -0.844. The second kappa shape index (κ2) is 8.92. The van der Waals surface area contributed by atoms with Crippen LogP contribution >= 0.6 is 0 Å². The molecule has 0 amide bonds. The zero-order valence-electron chi connectivity index (χ0n) is 17.5. The second-order valence-electron chi connectivity index (χ2n) is 7.47. The molecule has 1 heterocycles. The quantitative estimate of drug-likeness (QED) is 0.288. The molecule has 0 spiro atoms. The molecule has 31 heavy (non-hydrogen) atoms. The predicted octanol–water partition coefficient (Wildman–Crippen LogP) is 6.03. The minimum absolute atomic E-state index is 0.200. The summed E-state index contributed by atoms with van der Waals surface area (Å²) in [6, 6.07) is 26.1. The van der Waals surface area contributed by atoms with Crippen molar-refractivity contribution in [3.63, 3.8) is 0 Å².